The van der Waals surface area contributed by atoms with E-state index in [0.717, 1.165) is 22.4 Å². The standard InChI is InChI=1S/C24H26N2O5/c1-14-9-10-22(15(2)11-14)25-23(27)18(5)30-24(28)19-7-6-8-20(12-19)29-13-21-16(3)26-31-17(21)4/h6-12,18H,13H2,1-5H3,(H,25,27)/t18-/m1/s1. The lowest BCUT2D eigenvalue weighted by atomic mass is 10.1. The van der Waals surface area contributed by atoms with Crippen molar-refractivity contribution in [3.63, 3.8) is 0 Å². The van der Waals surface area contributed by atoms with E-state index in [4.69, 9.17) is 14.0 Å². The second-order valence-electron chi connectivity index (χ2n) is 7.47. The van der Waals surface area contributed by atoms with Crippen molar-refractivity contribution in [2.45, 2.75) is 47.3 Å². The maximum atomic E-state index is 12.5. The number of ether oxygens (including phenoxy) is 2. The molecule has 162 valence electrons. The van der Waals surface area contributed by atoms with Crippen LogP contribution in [0.5, 0.6) is 5.75 Å². The number of amides is 1. The van der Waals surface area contributed by atoms with Gasteiger partial charge in [-0.05, 0) is 64.4 Å². The zero-order valence-corrected chi connectivity index (χ0v) is 18.3. The first-order chi connectivity index (χ1) is 14.7. The van der Waals surface area contributed by atoms with Crippen LogP contribution in [0.25, 0.3) is 0 Å². The molecule has 0 bridgehead atoms. The van der Waals surface area contributed by atoms with Crippen LogP contribution in [0.3, 0.4) is 0 Å². The maximum absolute atomic E-state index is 12.5. The molecule has 2 aromatic carbocycles. The summed E-state index contributed by atoms with van der Waals surface area (Å²) in [4.78, 5) is 25.0. The minimum absolute atomic E-state index is 0.272. The first-order valence-corrected chi connectivity index (χ1v) is 9.98. The second-order valence-corrected chi connectivity index (χ2v) is 7.47. The van der Waals surface area contributed by atoms with Crippen LogP contribution >= 0.6 is 0 Å². The largest absolute Gasteiger partial charge is 0.489 e. The highest BCUT2D eigenvalue weighted by molar-refractivity contribution is 5.97. The van der Waals surface area contributed by atoms with Crippen LogP contribution in [0.15, 0.2) is 47.0 Å². The predicted molar refractivity (Wildman–Crippen MR) is 116 cm³/mol. The van der Waals surface area contributed by atoms with Gasteiger partial charge in [0.2, 0.25) is 0 Å². The molecule has 7 nitrogen and oxygen atoms in total. The monoisotopic (exact) mass is 422 g/mol. The third-order valence-corrected chi connectivity index (χ3v) is 4.93. The fourth-order valence-corrected chi connectivity index (χ4v) is 3.05. The Morgan fingerprint density at radius 2 is 1.87 bits per heavy atom. The lowest BCUT2D eigenvalue weighted by Crippen LogP contribution is -2.30. The number of nitrogens with zero attached hydrogens (tertiary/aromatic N) is 1. The summed E-state index contributed by atoms with van der Waals surface area (Å²) < 4.78 is 16.2. The van der Waals surface area contributed by atoms with Crippen LogP contribution in [-0.2, 0) is 16.1 Å². The van der Waals surface area contributed by atoms with Crippen molar-refractivity contribution < 1.29 is 23.6 Å². The number of hydrogen-bond acceptors (Lipinski definition) is 6. The average molecular weight is 422 g/mol. The summed E-state index contributed by atoms with van der Waals surface area (Å²) in [5.41, 5.74) is 4.65. The van der Waals surface area contributed by atoms with Crippen LogP contribution in [0.2, 0.25) is 0 Å². The van der Waals surface area contributed by atoms with Crippen LogP contribution in [0.1, 0.15) is 45.4 Å². The van der Waals surface area contributed by atoms with Gasteiger partial charge in [0.15, 0.2) is 6.10 Å². The second kappa shape index (κ2) is 9.47. The van der Waals surface area contributed by atoms with Crippen LogP contribution in [0.4, 0.5) is 5.69 Å². The average Bonchev–Trinajstić information content (AvgIpc) is 3.06. The zero-order chi connectivity index (χ0) is 22.5. The Kier molecular flexibility index (Phi) is 6.74. The predicted octanol–water partition coefficient (Wildman–Crippen LogP) is 4.67. The van der Waals surface area contributed by atoms with Crippen molar-refractivity contribution in [1.29, 1.82) is 0 Å². The van der Waals surface area contributed by atoms with E-state index >= 15 is 0 Å². The quantitative estimate of drug-likeness (QED) is 0.557. The molecule has 31 heavy (non-hydrogen) atoms. The molecular formula is C24H26N2O5. The summed E-state index contributed by atoms with van der Waals surface area (Å²) in [5.74, 6) is 0.190. The van der Waals surface area contributed by atoms with Crippen molar-refractivity contribution in [2.75, 3.05) is 5.32 Å². The molecule has 1 aromatic heterocycles. The number of rotatable bonds is 7. The smallest absolute Gasteiger partial charge is 0.339 e. The summed E-state index contributed by atoms with van der Waals surface area (Å²) in [7, 11) is 0. The molecule has 0 aliphatic heterocycles. The summed E-state index contributed by atoms with van der Waals surface area (Å²) in [5, 5.41) is 6.69. The normalized spacial score (nSPS) is 11.6. The summed E-state index contributed by atoms with van der Waals surface area (Å²) in [6.07, 6.45) is -0.958. The Morgan fingerprint density at radius 1 is 1.10 bits per heavy atom. The van der Waals surface area contributed by atoms with Gasteiger partial charge in [-0.3, -0.25) is 4.79 Å². The van der Waals surface area contributed by atoms with Crippen molar-refractivity contribution in [3.8, 4) is 5.75 Å². The molecule has 0 fully saturated rings. The number of carbonyl (C=O) groups is 2. The highest BCUT2D eigenvalue weighted by atomic mass is 16.5. The van der Waals surface area contributed by atoms with E-state index in [0.29, 0.717) is 22.8 Å². The molecule has 1 N–H and O–H groups in total. The molecule has 3 aromatic rings. The fourth-order valence-electron chi connectivity index (χ4n) is 3.05. The van der Waals surface area contributed by atoms with Crippen molar-refractivity contribution in [2.24, 2.45) is 0 Å². The molecule has 1 heterocycles. The van der Waals surface area contributed by atoms with Gasteiger partial charge in [-0.1, -0.05) is 28.9 Å². The molecule has 0 radical (unpaired) electrons. The van der Waals surface area contributed by atoms with Gasteiger partial charge >= 0.3 is 5.97 Å². The summed E-state index contributed by atoms with van der Waals surface area (Å²) in [6, 6.07) is 12.3. The third kappa shape index (κ3) is 5.51. The van der Waals surface area contributed by atoms with Crippen molar-refractivity contribution >= 4 is 17.6 Å². The highest BCUT2D eigenvalue weighted by Gasteiger charge is 2.20. The molecule has 3 rings (SSSR count). The minimum Gasteiger partial charge on any atom is -0.489 e. The number of aromatic nitrogens is 1. The molecule has 0 saturated heterocycles. The Bertz CT molecular complexity index is 1080. The molecule has 0 aliphatic rings. The van der Waals surface area contributed by atoms with Gasteiger partial charge in [0, 0.05) is 5.69 Å². The van der Waals surface area contributed by atoms with E-state index in [9.17, 15) is 9.59 Å². The molecule has 1 atom stereocenters. The van der Waals surface area contributed by atoms with Gasteiger partial charge in [0.05, 0.1) is 16.8 Å². The first-order valence-electron chi connectivity index (χ1n) is 9.98. The molecule has 0 spiro atoms. The van der Waals surface area contributed by atoms with E-state index in [2.05, 4.69) is 10.5 Å². The molecule has 7 heteroatoms. The number of benzene rings is 2. The van der Waals surface area contributed by atoms with E-state index < -0.39 is 18.0 Å². The lowest BCUT2D eigenvalue weighted by molar-refractivity contribution is -0.123. The van der Waals surface area contributed by atoms with Gasteiger partial charge in [-0.25, -0.2) is 4.79 Å². The van der Waals surface area contributed by atoms with Crippen LogP contribution in [-0.4, -0.2) is 23.1 Å². The Hall–Kier alpha value is -3.61. The zero-order valence-electron chi connectivity index (χ0n) is 18.3. The van der Waals surface area contributed by atoms with Crippen molar-refractivity contribution in [1.82, 2.24) is 5.16 Å². The highest BCUT2D eigenvalue weighted by Crippen LogP contribution is 2.20. The molecular weight excluding hydrogens is 396 g/mol. The van der Waals surface area contributed by atoms with Crippen molar-refractivity contribution in [3.05, 3.63) is 76.2 Å². The summed E-state index contributed by atoms with van der Waals surface area (Å²) >= 11 is 0. The topological polar surface area (TPSA) is 90.7 Å². The van der Waals surface area contributed by atoms with E-state index in [1.54, 1.807) is 24.3 Å². The van der Waals surface area contributed by atoms with Gasteiger partial charge in [-0.2, -0.15) is 0 Å². The molecule has 0 aliphatic carbocycles. The number of hydrogen-bond donors (Lipinski definition) is 1. The first kappa shape index (κ1) is 22.1. The fraction of sp³-hybridized carbons (Fsp3) is 0.292. The molecule has 0 unspecified atom stereocenters. The SMILES string of the molecule is Cc1ccc(NC(=O)[C@@H](C)OC(=O)c2cccc(OCc3c(C)noc3C)c2)c(C)c1. The van der Waals surface area contributed by atoms with Gasteiger partial charge in [-0.15, -0.1) is 0 Å². The Labute approximate surface area is 181 Å². The number of esters is 1. The van der Waals surface area contributed by atoms with Gasteiger partial charge in [0.1, 0.15) is 18.1 Å². The number of aryl methyl sites for hydroxylation is 4. The van der Waals surface area contributed by atoms with Crippen LogP contribution in [0, 0.1) is 27.7 Å². The summed E-state index contributed by atoms with van der Waals surface area (Å²) in [6.45, 7) is 9.36. The minimum atomic E-state index is -0.958. The van der Waals surface area contributed by atoms with Crippen LogP contribution < -0.4 is 10.1 Å². The third-order valence-electron chi connectivity index (χ3n) is 4.93. The van der Waals surface area contributed by atoms with E-state index in [-0.39, 0.29) is 6.61 Å². The number of nitrogens with one attached hydrogen (secondary N) is 1. The number of anilines is 1. The maximum Gasteiger partial charge on any atom is 0.339 e. The molecule has 1 amide bonds. The number of carbonyl (C=O) groups excluding carboxylic acids is 2. The lowest BCUT2D eigenvalue weighted by Gasteiger charge is -2.15. The van der Waals surface area contributed by atoms with Gasteiger partial charge < -0.3 is 19.3 Å². The van der Waals surface area contributed by atoms with E-state index in [1.165, 1.54) is 6.92 Å². The Morgan fingerprint density at radius 3 is 2.55 bits per heavy atom. The Balaban J connectivity index is 1.60. The van der Waals surface area contributed by atoms with E-state index in [1.807, 2.05) is 45.9 Å². The van der Waals surface area contributed by atoms with Gasteiger partial charge in [0.25, 0.3) is 5.91 Å². The molecule has 0 saturated carbocycles.